The average Bonchev–Trinajstić information content (AvgIpc) is 2.74. The van der Waals surface area contributed by atoms with Crippen LogP contribution in [0.15, 0.2) is 18.2 Å². The van der Waals surface area contributed by atoms with Crippen molar-refractivity contribution in [1.82, 2.24) is 15.0 Å². The van der Waals surface area contributed by atoms with E-state index >= 15 is 0 Å². The summed E-state index contributed by atoms with van der Waals surface area (Å²) in [7, 11) is 0. The molecule has 1 heterocycles. The summed E-state index contributed by atoms with van der Waals surface area (Å²) in [5.74, 6) is -3.16. The molecule has 0 saturated heterocycles. The number of benzene rings is 1. The predicted octanol–water partition coefficient (Wildman–Crippen LogP) is 5.02. The first kappa shape index (κ1) is 30.1. The number of aromatic nitrogens is 3. The maximum absolute atomic E-state index is 11.5. The predicted molar refractivity (Wildman–Crippen MR) is 134 cm³/mol. The summed E-state index contributed by atoms with van der Waals surface area (Å²) in [6, 6.07) is 4.56. The fourth-order valence-electron chi connectivity index (χ4n) is 2.35. The number of hydrogen-bond donors (Lipinski definition) is 1. The molecule has 0 bridgehead atoms. The Hall–Kier alpha value is -2.08. The van der Waals surface area contributed by atoms with Gasteiger partial charge in [0.25, 0.3) is 0 Å². The Morgan fingerprint density at radius 3 is 2.06 bits per heavy atom. The van der Waals surface area contributed by atoms with Gasteiger partial charge in [-0.2, -0.15) is 0 Å². The summed E-state index contributed by atoms with van der Waals surface area (Å²) < 4.78 is 11.3. The molecule has 0 amide bonds. The van der Waals surface area contributed by atoms with Crippen LogP contribution in [0.5, 0.6) is 11.5 Å². The zero-order valence-corrected chi connectivity index (χ0v) is 22.5. The monoisotopic (exact) mass is 619 g/mol. The van der Waals surface area contributed by atoms with Gasteiger partial charge in [0.2, 0.25) is 7.59 Å². The van der Waals surface area contributed by atoms with Crippen molar-refractivity contribution in [1.29, 1.82) is 0 Å². The maximum atomic E-state index is 11.5. The van der Waals surface area contributed by atoms with E-state index in [0.717, 1.165) is 0 Å². The molecule has 2 rings (SSSR count). The molecule has 16 heteroatoms. The van der Waals surface area contributed by atoms with Crippen LogP contribution in [0, 0.1) is 0 Å². The van der Waals surface area contributed by atoms with Gasteiger partial charge in [-0.1, -0.05) is 81.7 Å². The highest BCUT2D eigenvalue weighted by Crippen LogP contribution is 2.40. The van der Waals surface area contributed by atoms with Crippen LogP contribution in [0.1, 0.15) is 36.4 Å². The quantitative estimate of drug-likeness (QED) is 0.134. The molecule has 10 nitrogen and oxygen atoms in total. The first-order valence-corrected chi connectivity index (χ1v) is 11.8. The van der Waals surface area contributed by atoms with E-state index in [2.05, 4.69) is 15.0 Å². The fraction of sp³-hybridized carbons (Fsp3) is 0.300. The van der Waals surface area contributed by atoms with Gasteiger partial charge in [-0.3, -0.25) is 14.4 Å². The number of aliphatic carboxylic acids is 1. The van der Waals surface area contributed by atoms with Crippen LogP contribution in [-0.2, 0) is 26.7 Å². The molecule has 0 atom stereocenters. The largest absolute Gasteiger partial charge is 0.486 e. The minimum atomic E-state index is -2.01. The Morgan fingerprint density at radius 2 is 1.53 bits per heavy atom. The Morgan fingerprint density at radius 1 is 0.917 bits per heavy atom. The van der Waals surface area contributed by atoms with Gasteiger partial charge in [0.1, 0.15) is 19.6 Å². The van der Waals surface area contributed by atoms with Crippen LogP contribution in [0.25, 0.3) is 12.2 Å². The van der Waals surface area contributed by atoms with Gasteiger partial charge in [-0.05, 0) is 23.8 Å². The second kappa shape index (κ2) is 12.9. The minimum absolute atomic E-state index is 0.00481. The topological polar surface area (TPSA) is 138 Å². The molecule has 0 aliphatic carbocycles. The lowest BCUT2D eigenvalue weighted by atomic mass is 10.2. The lowest BCUT2D eigenvalue weighted by Crippen LogP contribution is -2.16. The summed E-state index contributed by atoms with van der Waals surface area (Å²) in [6.07, 6.45) is 2.17. The molecule has 0 aliphatic heterocycles. The number of carboxylic acid groups (broad SMARTS) is 1. The van der Waals surface area contributed by atoms with Gasteiger partial charge in [0.05, 0.1) is 0 Å². The van der Waals surface area contributed by atoms with Gasteiger partial charge >= 0.3 is 17.9 Å². The van der Waals surface area contributed by atoms with Gasteiger partial charge in [0.15, 0.2) is 29.0 Å². The van der Waals surface area contributed by atoms with E-state index in [-0.39, 0.29) is 42.2 Å². The van der Waals surface area contributed by atoms with Crippen LogP contribution < -0.4 is 9.47 Å². The standard InChI is InChI=1S/C20H15Cl6N3O7/c1-10(30)36-13-8-11(2-4-12(13)34-6-7-35-16(33)9-15(31)32)3-5-14-27-17(19(21,22)23)29-18(28-14)20(24,25)26/h2-5,8H,6-7,9H2,1H3,(H,31,32). The summed E-state index contributed by atoms with van der Waals surface area (Å²) in [5, 5.41) is 8.55. The zero-order chi connectivity index (χ0) is 27.1. The normalized spacial score (nSPS) is 11.9. The SMILES string of the molecule is CC(=O)Oc1cc(C=Cc2nc(C(Cl)(Cl)Cl)nc(C(Cl)(Cl)Cl)n2)ccc1OCCOC(=O)CC(=O)O. The van der Waals surface area contributed by atoms with Crippen LogP contribution >= 0.6 is 69.6 Å². The molecule has 36 heavy (non-hydrogen) atoms. The lowest BCUT2D eigenvalue weighted by Gasteiger charge is -2.14. The van der Waals surface area contributed by atoms with Gasteiger partial charge < -0.3 is 19.3 Å². The second-order valence-electron chi connectivity index (χ2n) is 6.61. The van der Waals surface area contributed by atoms with Crippen molar-refractivity contribution in [3.63, 3.8) is 0 Å². The molecular formula is C20H15Cl6N3O7. The van der Waals surface area contributed by atoms with Crippen molar-refractivity contribution in [2.24, 2.45) is 0 Å². The third-order valence-electron chi connectivity index (χ3n) is 3.71. The number of carbonyl (C=O) groups is 3. The van der Waals surface area contributed by atoms with Crippen LogP contribution in [0.4, 0.5) is 0 Å². The number of esters is 2. The highest BCUT2D eigenvalue weighted by molar-refractivity contribution is 6.67. The Balaban J connectivity index is 2.24. The van der Waals surface area contributed by atoms with Crippen molar-refractivity contribution in [3.05, 3.63) is 41.2 Å². The van der Waals surface area contributed by atoms with Crippen LogP contribution in [0.3, 0.4) is 0 Å². The van der Waals surface area contributed by atoms with E-state index in [0.29, 0.717) is 5.56 Å². The highest BCUT2D eigenvalue weighted by Gasteiger charge is 2.33. The molecule has 1 aromatic heterocycles. The second-order valence-corrected chi connectivity index (χ2v) is 11.2. The van der Waals surface area contributed by atoms with Crippen LogP contribution in [0.2, 0.25) is 0 Å². The minimum Gasteiger partial charge on any atom is -0.486 e. The van der Waals surface area contributed by atoms with E-state index in [9.17, 15) is 14.4 Å². The zero-order valence-electron chi connectivity index (χ0n) is 18.0. The Kier molecular flexibility index (Phi) is 10.8. The van der Waals surface area contributed by atoms with E-state index in [1.807, 2.05) is 0 Å². The number of rotatable bonds is 9. The molecule has 2 aromatic rings. The molecule has 0 aliphatic rings. The van der Waals surface area contributed by atoms with Crippen molar-refractivity contribution in [2.45, 2.75) is 20.9 Å². The third kappa shape index (κ3) is 10.1. The van der Waals surface area contributed by atoms with Gasteiger partial charge in [-0.25, -0.2) is 15.0 Å². The number of carboxylic acids is 1. The molecular weight excluding hydrogens is 607 g/mol. The molecule has 194 valence electrons. The summed E-state index contributed by atoms with van der Waals surface area (Å²) in [5.41, 5.74) is 0.512. The third-order valence-corrected chi connectivity index (χ3v) is 4.72. The summed E-state index contributed by atoms with van der Waals surface area (Å²) in [6.45, 7) is 0.851. The van der Waals surface area contributed by atoms with Crippen molar-refractivity contribution >= 4 is 99.7 Å². The number of carbonyl (C=O) groups excluding carboxylic acids is 2. The number of nitrogens with zero attached hydrogens (tertiary/aromatic N) is 3. The van der Waals surface area contributed by atoms with Gasteiger partial charge in [0, 0.05) is 6.92 Å². The maximum Gasteiger partial charge on any atom is 0.317 e. The molecule has 0 fully saturated rings. The lowest BCUT2D eigenvalue weighted by molar-refractivity contribution is -0.151. The van der Waals surface area contributed by atoms with E-state index < -0.39 is 31.9 Å². The molecule has 1 aromatic carbocycles. The Labute approximate surface area is 234 Å². The van der Waals surface area contributed by atoms with Crippen LogP contribution in [-0.4, -0.2) is 51.2 Å². The van der Waals surface area contributed by atoms with Crippen molar-refractivity contribution < 1.29 is 33.7 Å². The average molecular weight is 622 g/mol. The van der Waals surface area contributed by atoms with Crippen molar-refractivity contribution in [3.8, 4) is 11.5 Å². The van der Waals surface area contributed by atoms with Gasteiger partial charge in [-0.15, -0.1) is 0 Å². The molecule has 1 N–H and O–H groups in total. The Bertz CT molecular complexity index is 1130. The molecule has 0 radical (unpaired) electrons. The summed E-state index contributed by atoms with van der Waals surface area (Å²) >= 11 is 35.1. The van der Waals surface area contributed by atoms with E-state index in [1.165, 1.54) is 31.2 Å². The first-order chi connectivity index (χ1) is 16.6. The number of alkyl halides is 6. The van der Waals surface area contributed by atoms with Crippen molar-refractivity contribution in [2.75, 3.05) is 13.2 Å². The molecule has 0 unspecified atom stereocenters. The van der Waals surface area contributed by atoms with E-state index in [1.54, 1.807) is 6.07 Å². The highest BCUT2D eigenvalue weighted by atomic mass is 35.6. The fourth-order valence-corrected chi connectivity index (χ4v) is 2.86. The number of hydrogen-bond acceptors (Lipinski definition) is 9. The first-order valence-electron chi connectivity index (χ1n) is 9.56. The van der Waals surface area contributed by atoms with E-state index in [4.69, 9.17) is 88.9 Å². The number of ether oxygens (including phenoxy) is 3. The number of halogens is 6. The molecule has 0 saturated carbocycles. The smallest absolute Gasteiger partial charge is 0.317 e. The summed E-state index contributed by atoms with van der Waals surface area (Å²) in [4.78, 5) is 45.2. The molecule has 0 spiro atoms.